The lowest BCUT2D eigenvalue weighted by molar-refractivity contribution is 0.0519. The van der Waals surface area contributed by atoms with Crippen LogP contribution in [0.1, 0.15) is 43.6 Å². The van der Waals surface area contributed by atoms with Gasteiger partial charge in [0.05, 0.1) is 11.6 Å². The molecule has 1 aromatic rings. The Bertz CT molecular complexity index is 638. The van der Waals surface area contributed by atoms with Crippen LogP contribution in [-0.2, 0) is 4.74 Å². The minimum absolute atomic E-state index is 0.173. The van der Waals surface area contributed by atoms with Gasteiger partial charge in [-0.05, 0) is 45.9 Å². The first kappa shape index (κ1) is 17.5. The van der Waals surface area contributed by atoms with E-state index in [0.29, 0.717) is 0 Å². The van der Waals surface area contributed by atoms with Crippen molar-refractivity contribution in [3.8, 4) is 11.8 Å². The first-order chi connectivity index (χ1) is 10.1. The molecule has 0 heterocycles. The number of nitrogens with one attached hydrogen (secondary N) is 1. The summed E-state index contributed by atoms with van der Waals surface area (Å²) in [5.74, 6) is 3.39. The average molecular weight is 307 g/mol. The topological polar surface area (TPSA) is 75.6 Å². The van der Waals surface area contributed by atoms with Crippen molar-refractivity contribution in [2.75, 3.05) is 0 Å². The predicted octanol–water partition coefficient (Wildman–Crippen LogP) is 2.79. The summed E-state index contributed by atoms with van der Waals surface area (Å²) in [6.45, 7) is 6.84. The highest BCUT2D eigenvalue weighted by atomic mass is 19.1. The summed E-state index contributed by atoms with van der Waals surface area (Å²) in [7, 11) is 0. The fourth-order valence-electron chi connectivity index (χ4n) is 1.51. The Balaban J connectivity index is 2.82. The van der Waals surface area contributed by atoms with E-state index in [4.69, 9.17) is 9.84 Å². The first-order valence-corrected chi connectivity index (χ1v) is 6.62. The number of carbonyl (C=O) groups excluding carboxylic acids is 1. The molecule has 5 nitrogen and oxygen atoms in total. The van der Waals surface area contributed by atoms with Gasteiger partial charge in [-0.1, -0.05) is 11.8 Å². The molecule has 22 heavy (non-hydrogen) atoms. The summed E-state index contributed by atoms with van der Waals surface area (Å²) in [5, 5.41) is 11.5. The van der Waals surface area contributed by atoms with E-state index < -0.39 is 29.5 Å². The average Bonchev–Trinajstić information content (AvgIpc) is 2.34. The zero-order chi connectivity index (χ0) is 16.9. The standard InChI is InChI=1S/C16H18FNO4/c1-10(18-15(21)22-16(2,3)4)5-6-11-7-8-12(17)9-13(11)14(19)20/h7-10H,1-4H3,(H,18,21)(H,19,20). The summed E-state index contributed by atoms with van der Waals surface area (Å²) < 4.78 is 18.1. The number of alkyl carbamates (subject to hydrolysis) is 1. The summed E-state index contributed by atoms with van der Waals surface area (Å²) in [6.07, 6.45) is -0.619. The second-order valence-electron chi connectivity index (χ2n) is 5.63. The number of halogens is 1. The van der Waals surface area contributed by atoms with Crippen LogP contribution >= 0.6 is 0 Å². The molecule has 0 aliphatic carbocycles. The molecule has 1 atom stereocenters. The van der Waals surface area contributed by atoms with E-state index in [1.807, 2.05) is 0 Å². The Hall–Kier alpha value is -2.55. The smallest absolute Gasteiger partial charge is 0.408 e. The van der Waals surface area contributed by atoms with Crippen molar-refractivity contribution < 1.29 is 23.8 Å². The van der Waals surface area contributed by atoms with E-state index in [-0.39, 0.29) is 11.1 Å². The molecule has 1 unspecified atom stereocenters. The minimum Gasteiger partial charge on any atom is -0.478 e. The van der Waals surface area contributed by atoms with Crippen molar-refractivity contribution >= 4 is 12.1 Å². The van der Waals surface area contributed by atoms with Gasteiger partial charge in [0.1, 0.15) is 11.4 Å². The Morgan fingerprint density at radius 1 is 1.36 bits per heavy atom. The molecular formula is C16H18FNO4. The van der Waals surface area contributed by atoms with Crippen molar-refractivity contribution in [1.29, 1.82) is 0 Å². The third kappa shape index (κ3) is 5.83. The van der Waals surface area contributed by atoms with Crippen LogP contribution in [0.15, 0.2) is 18.2 Å². The summed E-state index contributed by atoms with van der Waals surface area (Å²) in [4.78, 5) is 22.6. The van der Waals surface area contributed by atoms with E-state index in [1.54, 1.807) is 27.7 Å². The van der Waals surface area contributed by atoms with Gasteiger partial charge in [0.2, 0.25) is 0 Å². The molecule has 0 radical (unpaired) electrons. The number of hydrogen-bond donors (Lipinski definition) is 2. The molecule has 0 aliphatic rings. The lowest BCUT2D eigenvalue weighted by Gasteiger charge is -2.20. The molecule has 0 aliphatic heterocycles. The van der Waals surface area contributed by atoms with Crippen molar-refractivity contribution in [3.05, 3.63) is 35.1 Å². The quantitative estimate of drug-likeness (QED) is 0.824. The van der Waals surface area contributed by atoms with Crippen LogP contribution in [0.4, 0.5) is 9.18 Å². The van der Waals surface area contributed by atoms with Crippen LogP contribution in [0.3, 0.4) is 0 Å². The molecule has 1 amide bonds. The molecule has 0 saturated heterocycles. The first-order valence-electron chi connectivity index (χ1n) is 6.62. The largest absolute Gasteiger partial charge is 0.478 e. The Kier molecular flexibility index (Phi) is 5.52. The predicted molar refractivity (Wildman–Crippen MR) is 79.1 cm³/mol. The maximum atomic E-state index is 13.1. The number of carboxylic acids is 1. The molecule has 0 bridgehead atoms. The van der Waals surface area contributed by atoms with Crippen LogP contribution in [-0.4, -0.2) is 28.8 Å². The summed E-state index contributed by atoms with van der Waals surface area (Å²) in [5.41, 5.74) is -0.672. The highest BCUT2D eigenvalue weighted by Crippen LogP contribution is 2.10. The zero-order valence-corrected chi connectivity index (χ0v) is 12.9. The lowest BCUT2D eigenvalue weighted by Crippen LogP contribution is -2.37. The minimum atomic E-state index is -1.27. The summed E-state index contributed by atoms with van der Waals surface area (Å²) in [6, 6.07) is 2.76. The summed E-state index contributed by atoms with van der Waals surface area (Å²) >= 11 is 0. The molecule has 6 heteroatoms. The lowest BCUT2D eigenvalue weighted by atomic mass is 10.1. The van der Waals surface area contributed by atoms with Crippen LogP contribution in [0.5, 0.6) is 0 Å². The molecule has 1 rings (SSSR count). The molecule has 0 fully saturated rings. The van der Waals surface area contributed by atoms with Crippen molar-refractivity contribution in [2.45, 2.75) is 39.3 Å². The van der Waals surface area contributed by atoms with Crippen LogP contribution in [0.25, 0.3) is 0 Å². The van der Waals surface area contributed by atoms with E-state index in [2.05, 4.69) is 17.2 Å². The van der Waals surface area contributed by atoms with Gasteiger partial charge in [-0.25, -0.2) is 14.0 Å². The zero-order valence-electron chi connectivity index (χ0n) is 12.9. The van der Waals surface area contributed by atoms with Crippen molar-refractivity contribution in [3.63, 3.8) is 0 Å². The fraction of sp³-hybridized carbons (Fsp3) is 0.375. The number of benzene rings is 1. The number of rotatable bonds is 2. The number of carboxylic acid groups (broad SMARTS) is 1. The highest BCUT2D eigenvalue weighted by molar-refractivity contribution is 5.90. The molecule has 1 aromatic carbocycles. The van der Waals surface area contributed by atoms with Gasteiger partial charge in [0.25, 0.3) is 0 Å². The number of hydrogen-bond acceptors (Lipinski definition) is 3. The molecule has 2 N–H and O–H groups in total. The van der Waals surface area contributed by atoms with Gasteiger partial charge in [-0.2, -0.15) is 0 Å². The number of carbonyl (C=O) groups is 2. The second kappa shape index (κ2) is 6.94. The maximum Gasteiger partial charge on any atom is 0.408 e. The molecule has 0 spiro atoms. The van der Waals surface area contributed by atoms with E-state index in [9.17, 15) is 14.0 Å². The van der Waals surface area contributed by atoms with Crippen LogP contribution in [0.2, 0.25) is 0 Å². The number of ether oxygens (including phenoxy) is 1. The SMILES string of the molecule is CC(C#Cc1ccc(F)cc1C(=O)O)NC(=O)OC(C)(C)C. The molecule has 118 valence electrons. The molecule has 0 saturated carbocycles. The maximum absolute atomic E-state index is 13.1. The van der Waals surface area contributed by atoms with Gasteiger partial charge in [-0.15, -0.1) is 0 Å². The van der Waals surface area contributed by atoms with Gasteiger partial charge >= 0.3 is 12.1 Å². The Morgan fingerprint density at radius 3 is 2.55 bits per heavy atom. The second-order valence-corrected chi connectivity index (χ2v) is 5.63. The number of aromatic carboxylic acids is 1. The normalized spacial score (nSPS) is 11.9. The molecule has 0 aromatic heterocycles. The van der Waals surface area contributed by atoms with E-state index in [0.717, 1.165) is 12.1 Å². The van der Waals surface area contributed by atoms with E-state index in [1.165, 1.54) is 6.07 Å². The van der Waals surface area contributed by atoms with Crippen LogP contribution in [0, 0.1) is 17.7 Å². The van der Waals surface area contributed by atoms with Gasteiger partial charge in [0, 0.05) is 5.56 Å². The van der Waals surface area contributed by atoms with Gasteiger partial charge < -0.3 is 15.2 Å². The molecular weight excluding hydrogens is 289 g/mol. The number of amides is 1. The van der Waals surface area contributed by atoms with Gasteiger partial charge in [-0.3, -0.25) is 0 Å². The Labute approximate surface area is 128 Å². The van der Waals surface area contributed by atoms with Gasteiger partial charge in [0.15, 0.2) is 0 Å². The fourth-order valence-corrected chi connectivity index (χ4v) is 1.51. The highest BCUT2D eigenvalue weighted by Gasteiger charge is 2.17. The Morgan fingerprint density at radius 2 is 2.00 bits per heavy atom. The third-order valence-electron chi connectivity index (χ3n) is 2.37. The van der Waals surface area contributed by atoms with E-state index >= 15 is 0 Å². The van der Waals surface area contributed by atoms with Crippen molar-refractivity contribution in [1.82, 2.24) is 5.32 Å². The van der Waals surface area contributed by atoms with Crippen LogP contribution < -0.4 is 5.32 Å². The van der Waals surface area contributed by atoms with Crippen molar-refractivity contribution in [2.24, 2.45) is 0 Å². The monoisotopic (exact) mass is 307 g/mol. The third-order valence-corrected chi connectivity index (χ3v) is 2.37.